The van der Waals surface area contributed by atoms with Crippen molar-refractivity contribution in [3.63, 3.8) is 0 Å². The van der Waals surface area contributed by atoms with E-state index in [0.717, 1.165) is 25.9 Å². The van der Waals surface area contributed by atoms with E-state index in [4.69, 9.17) is 28.3 Å². The highest BCUT2D eigenvalue weighted by atomic mass is 16.1. The molecule has 144 valence electrons. The number of nitrogens with one attached hydrogen (secondary N) is 2. The second-order valence-electron chi connectivity index (χ2n) is 4.73. The van der Waals surface area contributed by atoms with Crippen molar-refractivity contribution in [1.29, 1.82) is 5.41 Å². The lowest BCUT2D eigenvalue weighted by Gasteiger charge is -1.99. The first-order chi connectivity index (χ1) is 10.7. The molecule has 13 N–H and O–H groups in total. The molecule has 24 heavy (non-hydrogen) atoms. The molecule has 0 aliphatic rings. The molecule has 0 spiro atoms. The average Bonchev–Trinajstić information content (AvgIpc) is 2.41. The van der Waals surface area contributed by atoms with Crippen molar-refractivity contribution in [2.75, 3.05) is 26.2 Å². The minimum absolute atomic E-state index is 0. The Bertz CT molecular complexity index is 341. The molecule has 0 aromatic rings. The van der Waals surface area contributed by atoms with Gasteiger partial charge in [0.1, 0.15) is 11.6 Å². The normalized spacial score (nSPS) is 8.33. The Kier molecular flexibility index (Phi) is 28.9. The van der Waals surface area contributed by atoms with Crippen molar-refractivity contribution < 1.29 is 9.59 Å². The van der Waals surface area contributed by atoms with Crippen molar-refractivity contribution in [1.82, 2.24) is 11.5 Å². The molecule has 0 aromatic carbocycles. The first kappa shape index (κ1) is 29.9. The van der Waals surface area contributed by atoms with E-state index in [2.05, 4.69) is 17.2 Å². The summed E-state index contributed by atoms with van der Waals surface area (Å²) in [6.07, 6.45) is 2.02. The van der Waals surface area contributed by atoms with E-state index in [9.17, 15) is 9.59 Å². The SMILES string of the molecule is CC(=O)CC(=N)N.CC(=O)CNCCCN=C(N)N.CCCN.N. The number of Topliss-reactive ketones (excluding diaryl/α,β-unsaturated/α-hetero) is 2. The van der Waals surface area contributed by atoms with Crippen molar-refractivity contribution in [3.8, 4) is 0 Å². The van der Waals surface area contributed by atoms with Crippen LogP contribution in [0, 0.1) is 5.41 Å². The zero-order valence-corrected chi connectivity index (χ0v) is 15.2. The molecule has 0 aromatic heterocycles. The van der Waals surface area contributed by atoms with Gasteiger partial charge >= 0.3 is 0 Å². The molecule has 0 aliphatic heterocycles. The molecule has 0 aliphatic carbocycles. The van der Waals surface area contributed by atoms with E-state index in [1.165, 1.54) is 6.92 Å². The zero-order valence-electron chi connectivity index (χ0n) is 15.2. The highest BCUT2D eigenvalue weighted by Gasteiger charge is 1.92. The highest BCUT2D eigenvalue weighted by molar-refractivity contribution is 5.97. The van der Waals surface area contributed by atoms with Crippen molar-refractivity contribution in [2.24, 2.45) is 27.9 Å². The number of ketones is 2. The summed E-state index contributed by atoms with van der Waals surface area (Å²) in [5, 5.41) is 9.54. The maximum absolute atomic E-state index is 10.5. The van der Waals surface area contributed by atoms with Crippen LogP contribution < -0.4 is 34.4 Å². The fraction of sp³-hybridized carbons (Fsp3) is 0.714. The molecule has 0 amide bonds. The quantitative estimate of drug-likeness (QED) is 0.159. The molecule has 0 bridgehead atoms. The summed E-state index contributed by atoms with van der Waals surface area (Å²) in [5.41, 5.74) is 20.1. The molecule has 0 unspecified atom stereocenters. The minimum atomic E-state index is -0.0625. The molecule has 0 saturated heterocycles. The van der Waals surface area contributed by atoms with Gasteiger partial charge < -0.3 is 34.4 Å². The lowest BCUT2D eigenvalue weighted by atomic mass is 10.3. The van der Waals surface area contributed by atoms with Gasteiger partial charge in [-0.3, -0.25) is 20.0 Å². The van der Waals surface area contributed by atoms with E-state index in [0.29, 0.717) is 13.1 Å². The Balaban J connectivity index is -0.000000142. The Hall–Kier alpha value is -2.04. The summed E-state index contributed by atoms with van der Waals surface area (Å²) < 4.78 is 0. The molecular weight excluding hydrogens is 312 g/mol. The van der Waals surface area contributed by atoms with E-state index < -0.39 is 0 Å². The van der Waals surface area contributed by atoms with Crippen LogP contribution in [-0.4, -0.2) is 49.5 Å². The third-order valence-corrected chi connectivity index (χ3v) is 1.91. The van der Waals surface area contributed by atoms with Crippen molar-refractivity contribution in [3.05, 3.63) is 0 Å². The summed E-state index contributed by atoms with van der Waals surface area (Å²) in [5.74, 6) is 0.124. The fourth-order valence-electron chi connectivity index (χ4n) is 0.945. The fourth-order valence-corrected chi connectivity index (χ4v) is 0.945. The van der Waals surface area contributed by atoms with Crippen molar-refractivity contribution in [2.45, 2.75) is 40.0 Å². The number of nitrogens with zero attached hydrogens (tertiary/aromatic N) is 1. The Labute approximate surface area is 144 Å². The van der Waals surface area contributed by atoms with Gasteiger partial charge in [0, 0.05) is 6.54 Å². The molecule has 0 saturated carbocycles. The van der Waals surface area contributed by atoms with Crippen molar-refractivity contribution >= 4 is 23.4 Å². The predicted octanol–water partition coefficient (Wildman–Crippen LogP) is -0.753. The molecule has 0 atom stereocenters. The van der Waals surface area contributed by atoms with Crippen LogP contribution >= 0.6 is 0 Å². The van der Waals surface area contributed by atoms with Gasteiger partial charge in [0.05, 0.1) is 18.8 Å². The van der Waals surface area contributed by atoms with Crippen LogP contribution in [0.5, 0.6) is 0 Å². The van der Waals surface area contributed by atoms with Crippen LogP contribution in [0.1, 0.15) is 40.0 Å². The molecule has 0 rings (SSSR count). The number of carbonyl (C=O) groups is 2. The van der Waals surface area contributed by atoms with Gasteiger partial charge in [-0.15, -0.1) is 0 Å². The van der Waals surface area contributed by atoms with Crippen LogP contribution in [0.25, 0.3) is 0 Å². The number of hydrogen-bond donors (Lipinski definition) is 7. The van der Waals surface area contributed by atoms with Gasteiger partial charge in [0.15, 0.2) is 5.96 Å². The number of nitrogens with two attached hydrogens (primary N) is 4. The summed E-state index contributed by atoms with van der Waals surface area (Å²) in [6.45, 7) is 7.61. The van der Waals surface area contributed by atoms with E-state index in [-0.39, 0.29) is 35.9 Å². The highest BCUT2D eigenvalue weighted by Crippen LogP contribution is 1.78. The molecule has 0 heterocycles. The maximum atomic E-state index is 10.5. The number of amidine groups is 1. The summed E-state index contributed by atoms with van der Waals surface area (Å²) in [7, 11) is 0. The summed E-state index contributed by atoms with van der Waals surface area (Å²) in [6, 6.07) is 0. The number of hydrogen-bond acceptors (Lipinski definition) is 7. The lowest BCUT2D eigenvalue weighted by molar-refractivity contribution is -0.116. The molecule has 0 fully saturated rings. The number of guanidine groups is 1. The average molecular weight is 348 g/mol. The summed E-state index contributed by atoms with van der Waals surface area (Å²) in [4.78, 5) is 24.3. The third kappa shape index (κ3) is 50.2. The third-order valence-electron chi connectivity index (χ3n) is 1.91. The Morgan fingerprint density at radius 3 is 1.88 bits per heavy atom. The van der Waals surface area contributed by atoms with Crippen LogP contribution in [0.3, 0.4) is 0 Å². The Morgan fingerprint density at radius 1 is 1.12 bits per heavy atom. The molecular formula is C14H36N8O2. The van der Waals surface area contributed by atoms with E-state index in [1.807, 2.05) is 0 Å². The second-order valence-corrected chi connectivity index (χ2v) is 4.73. The first-order valence-corrected chi connectivity index (χ1v) is 7.45. The van der Waals surface area contributed by atoms with Crippen LogP contribution in [0.2, 0.25) is 0 Å². The van der Waals surface area contributed by atoms with E-state index in [1.54, 1.807) is 6.92 Å². The van der Waals surface area contributed by atoms with Crippen LogP contribution in [-0.2, 0) is 9.59 Å². The lowest BCUT2D eigenvalue weighted by Crippen LogP contribution is -2.25. The molecule has 10 heteroatoms. The van der Waals surface area contributed by atoms with Gasteiger partial charge in [0.25, 0.3) is 0 Å². The second kappa shape index (κ2) is 23.2. The van der Waals surface area contributed by atoms with Gasteiger partial charge in [-0.2, -0.15) is 0 Å². The largest absolute Gasteiger partial charge is 0.387 e. The number of rotatable bonds is 9. The topological polar surface area (TPSA) is 221 Å². The first-order valence-electron chi connectivity index (χ1n) is 7.45. The predicted molar refractivity (Wildman–Crippen MR) is 100 cm³/mol. The molecule has 10 nitrogen and oxygen atoms in total. The summed E-state index contributed by atoms with van der Waals surface area (Å²) >= 11 is 0. The van der Waals surface area contributed by atoms with Gasteiger partial charge in [-0.25, -0.2) is 0 Å². The monoisotopic (exact) mass is 348 g/mol. The smallest absolute Gasteiger partial charge is 0.185 e. The standard InChI is InChI=1S/C7H16N4O.C4H8N2O.C3H9N.H3N/c1-6(12)5-10-3-2-4-11-7(8)9;1-3(7)2-4(5)6;1-2-3-4;/h10H,2-5H2,1H3,(H4,8,9,11);2H2,1H3,(H3,5,6);2-4H2,1H3;1H3. The van der Waals surface area contributed by atoms with Crippen LogP contribution in [0.15, 0.2) is 4.99 Å². The number of carbonyl (C=O) groups excluding carboxylic acids is 2. The van der Waals surface area contributed by atoms with Gasteiger partial charge in [0.2, 0.25) is 0 Å². The molecule has 0 radical (unpaired) electrons. The number of aliphatic imine (C=N–C) groups is 1. The van der Waals surface area contributed by atoms with Crippen LogP contribution in [0.4, 0.5) is 0 Å². The Morgan fingerprint density at radius 2 is 1.62 bits per heavy atom. The maximum Gasteiger partial charge on any atom is 0.185 e. The minimum Gasteiger partial charge on any atom is -0.387 e. The van der Waals surface area contributed by atoms with E-state index >= 15 is 0 Å². The van der Waals surface area contributed by atoms with Gasteiger partial charge in [-0.1, -0.05) is 6.92 Å². The van der Waals surface area contributed by atoms with Gasteiger partial charge in [-0.05, 0) is 39.8 Å². The zero-order chi connectivity index (χ0) is 18.7.